The highest BCUT2D eigenvalue weighted by Gasteiger charge is 2.12. The molecule has 0 radical (unpaired) electrons. The number of amides is 1. The van der Waals surface area contributed by atoms with Gasteiger partial charge in [0.15, 0.2) is 0 Å². The van der Waals surface area contributed by atoms with Crippen LogP contribution in [0.2, 0.25) is 5.02 Å². The van der Waals surface area contributed by atoms with Crippen molar-refractivity contribution in [2.45, 2.75) is 4.90 Å². The molecule has 1 aromatic heterocycles. The van der Waals surface area contributed by atoms with Crippen LogP contribution in [0.5, 0.6) is 0 Å². The molecule has 0 saturated heterocycles. The van der Waals surface area contributed by atoms with Gasteiger partial charge in [0.2, 0.25) is 0 Å². The third-order valence-electron chi connectivity index (χ3n) is 3.92. The van der Waals surface area contributed by atoms with E-state index in [-0.39, 0.29) is 11.3 Å². The molecular formula is C21H14ClN3O4S. The minimum Gasteiger partial charge on any atom is -0.266 e. The standard InChI is InChI=1S/C21H14ClN3O4S/c1-30(29,20-10-6-18(22)7-11-20)24-21(26)17-12-16(13-23-14-17)3-2-15-4-8-19(9-5-15)25(27)28/h4-14H,1H3. The van der Waals surface area contributed by atoms with Gasteiger partial charge in [0.05, 0.1) is 20.2 Å². The number of aromatic nitrogens is 1. The molecule has 0 fully saturated rings. The highest BCUT2D eigenvalue weighted by molar-refractivity contribution is 7.93. The summed E-state index contributed by atoms with van der Waals surface area (Å²) in [5, 5.41) is 11.2. The number of nitro benzene ring substituents is 1. The number of halogens is 1. The van der Waals surface area contributed by atoms with Crippen molar-refractivity contribution in [3.8, 4) is 11.8 Å². The lowest BCUT2D eigenvalue weighted by molar-refractivity contribution is -0.384. The quantitative estimate of drug-likeness (QED) is 0.343. The maximum Gasteiger partial charge on any atom is 0.286 e. The van der Waals surface area contributed by atoms with Crippen LogP contribution < -0.4 is 0 Å². The molecular weight excluding hydrogens is 426 g/mol. The first-order valence-electron chi connectivity index (χ1n) is 8.48. The van der Waals surface area contributed by atoms with Gasteiger partial charge in [0.25, 0.3) is 11.6 Å². The van der Waals surface area contributed by atoms with Crippen molar-refractivity contribution in [1.29, 1.82) is 0 Å². The molecule has 30 heavy (non-hydrogen) atoms. The first kappa shape index (κ1) is 21.2. The molecule has 0 aliphatic carbocycles. The average Bonchev–Trinajstić information content (AvgIpc) is 2.73. The lowest BCUT2D eigenvalue weighted by atomic mass is 10.1. The highest BCUT2D eigenvalue weighted by atomic mass is 35.5. The summed E-state index contributed by atoms with van der Waals surface area (Å²) in [6, 6.07) is 13.5. The zero-order valence-electron chi connectivity index (χ0n) is 15.6. The summed E-state index contributed by atoms with van der Waals surface area (Å²) in [6.45, 7) is 0. The Kier molecular flexibility index (Phi) is 6.26. The van der Waals surface area contributed by atoms with Crippen LogP contribution in [-0.2, 0) is 9.73 Å². The smallest absolute Gasteiger partial charge is 0.266 e. The predicted octanol–water partition coefficient (Wildman–Crippen LogP) is 4.34. The van der Waals surface area contributed by atoms with Gasteiger partial charge in [-0.25, -0.2) is 4.21 Å². The van der Waals surface area contributed by atoms with E-state index in [9.17, 15) is 19.1 Å². The summed E-state index contributed by atoms with van der Waals surface area (Å²) in [4.78, 5) is 27.1. The molecule has 1 unspecified atom stereocenters. The van der Waals surface area contributed by atoms with Gasteiger partial charge in [-0.3, -0.25) is 19.9 Å². The Labute approximate surface area is 178 Å². The molecule has 9 heteroatoms. The molecule has 3 aromatic rings. The normalized spacial score (nSPS) is 12.2. The maximum absolute atomic E-state index is 12.8. The number of carbonyl (C=O) groups is 1. The van der Waals surface area contributed by atoms with Crippen molar-refractivity contribution in [2.24, 2.45) is 4.36 Å². The summed E-state index contributed by atoms with van der Waals surface area (Å²) in [5.74, 6) is 5.02. The van der Waals surface area contributed by atoms with Crippen LogP contribution in [0.1, 0.15) is 21.5 Å². The van der Waals surface area contributed by atoms with E-state index in [0.29, 0.717) is 21.0 Å². The monoisotopic (exact) mass is 439 g/mol. The van der Waals surface area contributed by atoms with Crippen molar-refractivity contribution in [1.82, 2.24) is 4.98 Å². The van der Waals surface area contributed by atoms with Crippen molar-refractivity contribution in [2.75, 3.05) is 6.26 Å². The highest BCUT2D eigenvalue weighted by Crippen LogP contribution is 2.17. The third-order valence-corrected chi connectivity index (χ3v) is 5.84. The second-order valence-electron chi connectivity index (χ2n) is 6.17. The largest absolute Gasteiger partial charge is 0.286 e. The van der Waals surface area contributed by atoms with Gasteiger partial charge in [-0.05, 0) is 42.5 Å². The molecule has 0 bridgehead atoms. The van der Waals surface area contributed by atoms with Gasteiger partial charge >= 0.3 is 0 Å². The fourth-order valence-electron chi connectivity index (χ4n) is 2.39. The molecule has 0 saturated carbocycles. The molecule has 0 aliphatic heterocycles. The van der Waals surface area contributed by atoms with Crippen molar-refractivity contribution >= 4 is 32.9 Å². The molecule has 0 N–H and O–H groups in total. The zero-order valence-corrected chi connectivity index (χ0v) is 17.2. The summed E-state index contributed by atoms with van der Waals surface area (Å²) in [5.41, 5.74) is 1.14. The van der Waals surface area contributed by atoms with Crippen molar-refractivity contribution < 1.29 is 13.9 Å². The SMILES string of the molecule is CS(=O)(=NC(=O)c1cncc(C#Cc2ccc([N+](=O)[O-])cc2)c1)c1ccc(Cl)cc1. The number of carbonyl (C=O) groups excluding carboxylic acids is 1. The lowest BCUT2D eigenvalue weighted by Crippen LogP contribution is -2.04. The van der Waals surface area contributed by atoms with E-state index in [0.717, 1.165) is 0 Å². The second kappa shape index (κ2) is 8.86. The molecule has 1 heterocycles. The number of rotatable bonds is 3. The number of non-ortho nitro benzene ring substituents is 1. The van der Waals surface area contributed by atoms with Gasteiger partial charge in [0.1, 0.15) is 0 Å². The van der Waals surface area contributed by atoms with Crippen molar-refractivity contribution in [3.63, 3.8) is 0 Å². The topological polar surface area (TPSA) is 103 Å². The first-order chi connectivity index (χ1) is 14.2. The molecule has 1 amide bonds. The fourth-order valence-corrected chi connectivity index (χ4v) is 3.68. The third kappa shape index (κ3) is 5.29. The number of hydrogen-bond acceptors (Lipinski definition) is 5. The molecule has 2 aromatic carbocycles. The van der Waals surface area contributed by atoms with Gasteiger partial charge in [-0.1, -0.05) is 23.4 Å². The Morgan fingerprint density at radius 3 is 2.33 bits per heavy atom. The number of benzene rings is 2. The van der Waals surface area contributed by atoms with E-state index in [1.807, 2.05) is 0 Å². The number of nitro groups is 1. The molecule has 1 atom stereocenters. The van der Waals surface area contributed by atoms with E-state index in [1.54, 1.807) is 24.3 Å². The van der Waals surface area contributed by atoms with Crippen LogP contribution >= 0.6 is 11.6 Å². The Balaban J connectivity index is 1.85. The van der Waals surface area contributed by atoms with Gasteiger partial charge < -0.3 is 0 Å². The zero-order chi connectivity index (χ0) is 21.7. The number of pyridine rings is 1. The van der Waals surface area contributed by atoms with Crippen LogP contribution in [0, 0.1) is 22.0 Å². The first-order valence-corrected chi connectivity index (χ1v) is 10.8. The summed E-state index contributed by atoms with van der Waals surface area (Å²) >= 11 is 5.83. The average molecular weight is 440 g/mol. The Morgan fingerprint density at radius 1 is 1.07 bits per heavy atom. The van der Waals surface area contributed by atoms with Gasteiger partial charge in [-0.2, -0.15) is 4.36 Å². The Morgan fingerprint density at radius 2 is 1.70 bits per heavy atom. The van der Waals surface area contributed by atoms with Crippen LogP contribution in [-0.4, -0.2) is 26.3 Å². The maximum atomic E-state index is 12.8. The molecule has 7 nitrogen and oxygen atoms in total. The molecule has 0 aliphatic rings. The van der Waals surface area contributed by atoms with Gasteiger partial charge in [0, 0.05) is 51.8 Å². The molecule has 0 spiro atoms. The summed E-state index contributed by atoms with van der Waals surface area (Å²) < 4.78 is 16.7. The van der Waals surface area contributed by atoms with Crippen LogP contribution in [0.3, 0.4) is 0 Å². The minimum atomic E-state index is -2.96. The predicted molar refractivity (Wildman–Crippen MR) is 114 cm³/mol. The van der Waals surface area contributed by atoms with E-state index in [4.69, 9.17) is 11.6 Å². The molecule has 150 valence electrons. The van der Waals surface area contributed by atoms with E-state index >= 15 is 0 Å². The minimum absolute atomic E-state index is 0.0275. The van der Waals surface area contributed by atoms with E-state index in [1.165, 1.54) is 49.0 Å². The summed E-state index contributed by atoms with van der Waals surface area (Å²) in [6.07, 6.45) is 4.16. The summed E-state index contributed by atoms with van der Waals surface area (Å²) in [7, 11) is -2.96. The Bertz CT molecular complexity index is 1300. The Hall–Kier alpha value is -3.54. The van der Waals surface area contributed by atoms with Crippen molar-refractivity contribution in [3.05, 3.63) is 98.8 Å². The van der Waals surface area contributed by atoms with Crippen LogP contribution in [0.4, 0.5) is 5.69 Å². The molecule has 3 rings (SSSR count). The van der Waals surface area contributed by atoms with Gasteiger partial charge in [-0.15, -0.1) is 0 Å². The lowest BCUT2D eigenvalue weighted by Gasteiger charge is -2.04. The van der Waals surface area contributed by atoms with Crippen LogP contribution in [0.15, 0.2) is 76.2 Å². The van der Waals surface area contributed by atoms with E-state index in [2.05, 4.69) is 21.2 Å². The second-order valence-corrected chi connectivity index (χ2v) is 8.86. The van der Waals surface area contributed by atoms with E-state index < -0.39 is 20.6 Å². The number of hydrogen-bond donors (Lipinski definition) is 0. The number of nitrogens with zero attached hydrogens (tertiary/aromatic N) is 3. The van der Waals surface area contributed by atoms with Crippen LogP contribution in [0.25, 0.3) is 0 Å². The fraction of sp³-hybridized carbons (Fsp3) is 0.0476.